The number of carbonyl (C=O) groups is 1. The van der Waals surface area contributed by atoms with E-state index in [9.17, 15) is 13.2 Å². The van der Waals surface area contributed by atoms with Crippen molar-refractivity contribution < 1.29 is 17.6 Å². The molecule has 1 amide bonds. The lowest BCUT2D eigenvalue weighted by molar-refractivity contribution is -0.138. The van der Waals surface area contributed by atoms with Gasteiger partial charge in [-0.2, -0.15) is 4.31 Å². The maximum absolute atomic E-state index is 13.5. The molecule has 1 aliphatic heterocycles. The van der Waals surface area contributed by atoms with Crippen LogP contribution in [0.1, 0.15) is 74.0 Å². The molecule has 2 unspecified atom stereocenters. The molecular formula is C27H34N2O4S. The van der Waals surface area contributed by atoms with Crippen LogP contribution in [0, 0.1) is 11.8 Å². The van der Waals surface area contributed by atoms with Gasteiger partial charge in [-0.15, -0.1) is 0 Å². The number of hydrogen-bond donors (Lipinski definition) is 0. The first-order chi connectivity index (χ1) is 16.4. The first-order valence-electron chi connectivity index (χ1n) is 12.9. The van der Waals surface area contributed by atoms with Crippen LogP contribution in [-0.4, -0.2) is 42.7 Å². The van der Waals surface area contributed by atoms with Gasteiger partial charge >= 0.3 is 0 Å². The summed E-state index contributed by atoms with van der Waals surface area (Å²) in [6.07, 6.45) is 7.54. The molecule has 1 aromatic carbocycles. The van der Waals surface area contributed by atoms with Crippen molar-refractivity contribution in [2.75, 3.05) is 13.1 Å². The Kier molecular flexibility index (Phi) is 5.60. The number of hydrogen-bond acceptors (Lipinski definition) is 4. The zero-order chi connectivity index (χ0) is 23.4. The molecule has 0 N–H and O–H groups in total. The second kappa shape index (κ2) is 8.52. The van der Waals surface area contributed by atoms with Gasteiger partial charge < -0.3 is 9.32 Å². The third-order valence-corrected chi connectivity index (χ3v) is 10.2. The summed E-state index contributed by atoms with van der Waals surface area (Å²) in [4.78, 5) is 15.9. The van der Waals surface area contributed by atoms with E-state index in [4.69, 9.17) is 4.42 Å². The predicted molar refractivity (Wildman–Crippen MR) is 129 cm³/mol. The van der Waals surface area contributed by atoms with E-state index in [0.717, 1.165) is 43.6 Å². The van der Waals surface area contributed by atoms with Crippen LogP contribution in [0.25, 0.3) is 0 Å². The summed E-state index contributed by atoms with van der Waals surface area (Å²) >= 11 is 0. The van der Waals surface area contributed by atoms with Gasteiger partial charge in [0.1, 0.15) is 11.5 Å². The van der Waals surface area contributed by atoms with Gasteiger partial charge in [0.25, 0.3) is 0 Å². The van der Waals surface area contributed by atoms with Crippen molar-refractivity contribution >= 4 is 15.9 Å². The fourth-order valence-electron chi connectivity index (χ4n) is 5.77. The molecule has 34 heavy (non-hydrogen) atoms. The number of benzene rings is 1. The normalized spacial score (nSPS) is 25.3. The van der Waals surface area contributed by atoms with Gasteiger partial charge in [-0.05, 0) is 92.7 Å². The molecule has 1 aromatic heterocycles. The molecule has 7 heteroatoms. The quantitative estimate of drug-likeness (QED) is 0.583. The van der Waals surface area contributed by atoms with Crippen molar-refractivity contribution in [1.29, 1.82) is 0 Å². The van der Waals surface area contributed by atoms with Crippen molar-refractivity contribution in [3.63, 3.8) is 0 Å². The minimum absolute atomic E-state index is 0.120. The van der Waals surface area contributed by atoms with Gasteiger partial charge in [0.15, 0.2) is 0 Å². The summed E-state index contributed by atoms with van der Waals surface area (Å²) in [5.41, 5.74) is 2.45. The molecule has 6 rings (SSSR count). The predicted octanol–water partition coefficient (Wildman–Crippen LogP) is 4.48. The number of furan rings is 1. The van der Waals surface area contributed by atoms with Crippen molar-refractivity contribution in [1.82, 2.24) is 9.21 Å². The molecule has 6 nitrogen and oxygen atoms in total. The van der Waals surface area contributed by atoms with E-state index in [1.54, 1.807) is 10.4 Å². The van der Waals surface area contributed by atoms with Crippen LogP contribution < -0.4 is 0 Å². The van der Waals surface area contributed by atoms with Crippen molar-refractivity contribution in [2.24, 2.45) is 11.8 Å². The van der Waals surface area contributed by atoms with Gasteiger partial charge in [-0.25, -0.2) is 8.42 Å². The van der Waals surface area contributed by atoms with E-state index in [2.05, 4.69) is 13.0 Å². The minimum Gasteiger partial charge on any atom is -0.464 e. The summed E-state index contributed by atoms with van der Waals surface area (Å²) in [6.45, 7) is 3.57. The van der Waals surface area contributed by atoms with Crippen molar-refractivity contribution in [3.05, 3.63) is 53.0 Å². The fourth-order valence-corrected chi connectivity index (χ4v) is 7.29. The van der Waals surface area contributed by atoms with Crippen LogP contribution in [0.5, 0.6) is 0 Å². The van der Waals surface area contributed by atoms with E-state index in [1.807, 2.05) is 23.1 Å². The Morgan fingerprint density at radius 1 is 1.06 bits per heavy atom. The first-order valence-corrected chi connectivity index (χ1v) is 14.3. The zero-order valence-electron chi connectivity index (χ0n) is 19.9. The number of aryl methyl sites for hydroxylation is 2. The summed E-state index contributed by atoms with van der Waals surface area (Å²) in [5.74, 6) is 3.19. The van der Waals surface area contributed by atoms with Gasteiger partial charge in [-0.1, -0.05) is 13.0 Å². The van der Waals surface area contributed by atoms with Gasteiger partial charge in [0, 0.05) is 31.0 Å². The molecule has 3 aliphatic carbocycles. The van der Waals surface area contributed by atoms with Crippen LogP contribution >= 0.6 is 0 Å². The number of fused-ring (bicyclic) bond motifs is 1. The number of carbonyl (C=O) groups excluding carboxylic acids is 1. The van der Waals surface area contributed by atoms with Gasteiger partial charge in [0.2, 0.25) is 15.9 Å². The van der Waals surface area contributed by atoms with E-state index >= 15 is 0 Å². The Bertz CT molecular complexity index is 1190. The Balaban J connectivity index is 1.10. The van der Waals surface area contributed by atoms with E-state index in [-0.39, 0.29) is 11.8 Å². The lowest BCUT2D eigenvalue weighted by atomic mass is 9.96. The molecule has 2 saturated carbocycles. The Morgan fingerprint density at radius 2 is 1.79 bits per heavy atom. The monoisotopic (exact) mass is 482 g/mol. The van der Waals surface area contributed by atoms with Gasteiger partial charge in [0.05, 0.1) is 11.4 Å². The van der Waals surface area contributed by atoms with E-state index in [1.165, 1.54) is 17.5 Å². The number of piperidine rings is 1. The molecule has 0 radical (unpaired) electrons. The second-order valence-corrected chi connectivity index (χ2v) is 12.7. The summed E-state index contributed by atoms with van der Waals surface area (Å²) in [7, 11) is -3.52. The lowest BCUT2D eigenvalue weighted by Crippen LogP contribution is -2.44. The average molecular weight is 483 g/mol. The maximum atomic E-state index is 13.5. The molecule has 182 valence electrons. The fraction of sp³-hybridized carbons (Fsp3) is 0.593. The zero-order valence-corrected chi connectivity index (χ0v) is 20.7. The molecular weight excluding hydrogens is 448 g/mol. The topological polar surface area (TPSA) is 70.8 Å². The number of nitrogens with zero attached hydrogens (tertiary/aromatic N) is 2. The summed E-state index contributed by atoms with van der Waals surface area (Å²) < 4.78 is 34.2. The third kappa shape index (κ3) is 4.22. The molecule has 2 heterocycles. The standard InChI is InChI=1S/C27H34N2O4S/c1-18-15-25(18)26-10-8-23(33-26)17-29(22-6-7-22)27(30)20-11-13-28(14-12-20)34(31,32)24-9-5-19-3-2-4-21(19)16-24/h5,8-10,16,18,20,22,25H,2-4,6-7,11-15,17H2,1H3. The van der Waals surface area contributed by atoms with Crippen molar-refractivity contribution in [3.8, 4) is 0 Å². The maximum Gasteiger partial charge on any atom is 0.243 e. The summed E-state index contributed by atoms with van der Waals surface area (Å²) in [5, 5.41) is 0. The minimum atomic E-state index is -3.52. The molecule has 2 aromatic rings. The highest BCUT2D eigenvalue weighted by Crippen LogP contribution is 2.47. The van der Waals surface area contributed by atoms with Crippen LogP contribution in [-0.2, 0) is 34.2 Å². The Hall–Kier alpha value is -2.12. The van der Waals surface area contributed by atoms with Crippen LogP contribution in [0.2, 0.25) is 0 Å². The molecule has 2 atom stereocenters. The van der Waals surface area contributed by atoms with Crippen LogP contribution in [0.4, 0.5) is 0 Å². The Morgan fingerprint density at radius 3 is 2.50 bits per heavy atom. The molecule has 0 spiro atoms. The number of amides is 1. The lowest BCUT2D eigenvalue weighted by Gasteiger charge is -2.33. The molecule has 0 bridgehead atoms. The molecule has 4 aliphatic rings. The van der Waals surface area contributed by atoms with E-state index < -0.39 is 10.0 Å². The highest BCUT2D eigenvalue weighted by molar-refractivity contribution is 7.89. The molecule has 3 fully saturated rings. The Labute approximate surface area is 202 Å². The van der Waals surface area contributed by atoms with E-state index in [0.29, 0.717) is 55.2 Å². The number of rotatable bonds is 7. The first kappa shape index (κ1) is 22.4. The SMILES string of the molecule is CC1CC1c1ccc(CN(C(=O)C2CCN(S(=O)(=O)c3ccc4c(c3)CCC4)CC2)C2CC2)o1. The number of sulfonamides is 1. The average Bonchev–Trinajstić information content (AvgIpc) is 3.71. The highest BCUT2D eigenvalue weighted by atomic mass is 32.2. The van der Waals surface area contributed by atoms with Gasteiger partial charge in [-0.3, -0.25) is 4.79 Å². The molecule has 1 saturated heterocycles. The van der Waals surface area contributed by atoms with Crippen LogP contribution in [0.3, 0.4) is 0 Å². The third-order valence-electron chi connectivity index (χ3n) is 8.27. The largest absolute Gasteiger partial charge is 0.464 e. The second-order valence-electron chi connectivity index (χ2n) is 10.8. The van der Waals surface area contributed by atoms with Crippen molar-refractivity contribution in [2.45, 2.75) is 81.7 Å². The smallest absolute Gasteiger partial charge is 0.243 e. The highest BCUT2D eigenvalue weighted by Gasteiger charge is 2.40. The van der Waals surface area contributed by atoms with Crippen LogP contribution in [0.15, 0.2) is 39.6 Å². The summed E-state index contributed by atoms with van der Waals surface area (Å²) in [6, 6.07) is 9.99.